The van der Waals surface area contributed by atoms with Crippen LogP contribution in [0.15, 0.2) is 11.2 Å². The maximum Gasteiger partial charge on any atom is 0.257 e. The minimum absolute atomic E-state index is 0.129. The molecule has 1 aromatic rings. The van der Waals surface area contributed by atoms with E-state index in [-0.39, 0.29) is 5.03 Å². The lowest BCUT2D eigenvalue weighted by molar-refractivity contribution is 0.461. The van der Waals surface area contributed by atoms with Gasteiger partial charge in [-0.3, -0.25) is 0 Å². The van der Waals surface area contributed by atoms with Crippen molar-refractivity contribution in [1.29, 1.82) is 0 Å². The molecule has 0 radical (unpaired) electrons. The molecule has 0 bridgehead atoms. The number of H-pyrrole nitrogens is 1. The van der Waals surface area contributed by atoms with Crippen molar-refractivity contribution in [3.8, 4) is 0 Å². The quantitative estimate of drug-likeness (QED) is 0.546. The molecule has 1 fully saturated rings. The van der Waals surface area contributed by atoms with Gasteiger partial charge < -0.3 is 10.3 Å². The zero-order valence-corrected chi connectivity index (χ0v) is 12.8. The summed E-state index contributed by atoms with van der Waals surface area (Å²) in [6.45, 7) is 2.79. The van der Waals surface area contributed by atoms with Gasteiger partial charge in [-0.1, -0.05) is 25.7 Å². The molecule has 1 aromatic heterocycles. The normalized spacial score (nSPS) is 18.1. The lowest BCUT2D eigenvalue weighted by atomic mass is 10.1. The van der Waals surface area contributed by atoms with E-state index in [0.29, 0.717) is 25.0 Å². The summed E-state index contributed by atoms with van der Waals surface area (Å²) >= 11 is 0. The molecule has 0 atom stereocenters. The molecule has 0 unspecified atom stereocenters. The van der Waals surface area contributed by atoms with Crippen LogP contribution in [0.2, 0.25) is 0 Å². The maximum absolute atomic E-state index is 11.9. The topological polar surface area (TPSA) is 86.9 Å². The van der Waals surface area contributed by atoms with E-state index in [9.17, 15) is 8.42 Å². The molecule has 1 heterocycles. The zero-order chi connectivity index (χ0) is 14.4. The Kier molecular flexibility index (Phi) is 5.56. The summed E-state index contributed by atoms with van der Waals surface area (Å²) in [5.41, 5.74) is 0. The lowest BCUT2D eigenvalue weighted by Crippen LogP contribution is -2.36. The fourth-order valence-corrected chi connectivity index (χ4v) is 3.56. The van der Waals surface area contributed by atoms with E-state index < -0.39 is 10.0 Å². The highest BCUT2D eigenvalue weighted by molar-refractivity contribution is 7.89. The van der Waals surface area contributed by atoms with E-state index in [1.807, 2.05) is 0 Å². The van der Waals surface area contributed by atoms with Crippen molar-refractivity contribution in [3.05, 3.63) is 12.0 Å². The van der Waals surface area contributed by atoms with E-state index in [1.54, 1.807) is 6.92 Å². The Morgan fingerprint density at radius 3 is 2.55 bits per heavy atom. The van der Waals surface area contributed by atoms with E-state index in [0.717, 1.165) is 0 Å². The van der Waals surface area contributed by atoms with Crippen LogP contribution in [0.1, 0.15) is 44.3 Å². The van der Waals surface area contributed by atoms with E-state index in [4.69, 9.17) is 0 Å². The first-order valence-corrected chi connectivity index (χ1v) is 8.81. The molecule has 1 aliphatic carbocycles. The van der Waals surface area contributed by atoms with Crippen LogP contribution >= 0.6 is 0 Å². The van der Waals surface area contributed by atoms with Crippen molar-refractivity contribution in [3.63, 3.8) is 0 Å². The number of aromatic amines is 1. The van der Waals surface area contributed by atoms with Crippen LogP contribution < -0.4 is 10.0 Å². The fourth-order valence-electron chi connectivity index (χ4n) is 2.56. The van der Waals surface area contributed by atoms with Crippen molar-refractivity contribution in [2.24, 2.45) is 0 Å². The number of imidazole rings is 1. The lowest BCUT2D eigenvalue weighted by Gasteiger charge is -2.16. The van der Waals surface area contributed by atoms with Gasteiger partial charge in [0, 0.05) is 19.1 Å². The van der Waals surface area contributed by atoms with Crippen molar-refractivity contribution in [2.75, 3.05) is 13.1 Å². The molecule has 0 spiro atoms. The third-order valence-corrected chi connectivity index (χ3v) is 5.05. The highest BCUT2D eigenvalue weighted by atomic mass is 32.2. The highest BCUT2D eigenvalue weighted by Gasteiger charge is 2.16. The number of nitrogens with zero attached hydrogens (tertiary/aromatic N) is 1. The molecule has 3 N–H and O–H groups in total. The summed E-state index contributed by atoms with van der Waals surface area (Å²) < 4.78 is 26.5. The summed E-state index contributed by atoms with van der Waals surface area (Å²) in [5.74, 6) is 0.599. The average Bonchev–Trinajstić information content (AvgIpc) is 2.70. The number of rotatable bonds is 6. The van der Waals surface area contributed by atoms with Crippen molar-refractivity contribution in [1.82, 2.24) is 20.0 Å². The monoisotopic (exact) mass is 300 g/mol. The number of aromatic nitrogens is 2. The second-order valence-corrected chi connectivity index (χ2v) is 7.11. The van der Waals surface area contributed by atoms with Crippen molar-refractivity contribution >= 4 is 10.0 Å². The Morgan fingerprint density at radius 1 is 1.25 bits per heavy atom. The number of hydrogen-bond acceptors (Lipinski definition) is 4. The summed E-state index contributed by atoms with van der Waals surface area (Å²) in [4.78, 5) is 6.64. The van der Waals surface area contributed by atoms with Crippen molar-refractivity contribution < 1.29 is 8.42 Å². The number of nitrogens with one attached hydrogen (secondary N) is 3. The molecule has 6 nitrogen and oxygen atoms in total. The predicted octanol–water partition coefficient (Wildman–Crippen LogP) is 1.31. The second kappa shape index (κ2) is 7.19. The van der Waals surface area contributed by atoms with Crippen LogP contribution in [-0.4, -0.2) is 37.5 Å². The molecule has 0 aromatic carbocycles. The van der Waals surface area contributed by atoms with Crippen LogP contribution in [0.3, 0.4) is 0 Å². The van der Waals surface area contributed by atoms with E-state index in [1.165, 1.54) is 44.7 Å². The van der Waals surface area contributed by atoms with Gasteiger partial charge in [0.25, 0.3) is 10.0 Å². The van der Waals surface area contributed by atoms with Crippen LogP contribution in [0.25, 0.3) is 0 Å². The molecule has 0 aliphatic heterocycles. The summed E-state index contributed by atoms with van der Waals surface area (Å²) in [7, 11) is -3.46. The Hall–Kier alpha value is -0.920. The van der Waals surface area contributed by atoms with Gasteiger partial charge in [0.15, 0.2) is 5.03 Å². The Balaban J connectivity index is 1.72. The first-order chi connectivity index (χ1) is 9.58. The van der Waals surface area contributed by atoms with Gasteiger partial charge in [-0.2, -0.15) is 0 Å². The van der Waals surface area contributed by atoms with Gasteiger partial charge in [0.2, 0.25) is 0 Å². The third-order valence-electron chi connectivity index (χ3n) is 3.67. The molecule has 20 heavy (non-hydrogen) atoms. The fraction of sp³-hybridized carbons (Fsp3) is 0.769. The maximum atomic E-state index is 11.9. The van der Waals surface area contributed by atoms with Gasteiger partial charge in [-0.25, -0.2) is 18.1 Å². The molecular weight excluding hydrogens is 276 g/mol. The average molecular weight is 300 g/mol. The standard InChI is InChI=1S/C13H24N4O2S/c1-11-15-10-13(17-11)20(18,19)16-9-8-14-12-6-4-2-3-5-7-12/h10,12,14,16H,2-9H2,1H3,(H,15,17). The molecule has 7 heteroatoms. The minimum Gasteiger partial charge on any atom is -0.332 e. The number of hydrogen-bond donors (Lipinski definition) is 3. The minimum atomic E-state index is -3.46. The number of aryl methyl sites for hydroxylation is 1. The zero-order valence-electron chi connectivity index (χ0n) is 12.0. The SMILES string of the molecule is Cc1ncc(S(=O)(=O)NCCNC2CCCCCC2)[nH]1. The molecular formula is C13H24N4O2S. The Bertz CT molecular complexity index is 504. The smallest absolute Gasteiger partial charge is 0.257 e. The van der Waals surface area contributed by atoms with Gasteiger partial charge in [0.1, 0.15) is 5.82 Å². The first kappa shape index (κ1) is 15.5. The van der Waals surface area contributed by atoms with Crippen LogP contribution in [-0.2, 0) is 10.0 Å². The van der Waals surface area contributed by atoms with Crippen molar-refractivity contribution in [2.45, 2.75) is 56.5 Å². The van der Waals surface area contributed by atoms with Gasteiger partial charge in [0.05, 0.1) is 6.20 Å². The summed E-state index contributed by atoms with van der Waals surface area (Å²) in [6, 6.07) is 0.538. The molecule has 0 amide bonds. The van der Waals surface area contributed by atoms with Crippen LogP contribution in [0.5, 0.6) is 0 Å². The van der Waals surface area contributed by atoms with Gasteiger partial charge in [-0.15, -0.1) is 0 Å². The second-order valence-electron chi connectivity index (χ2n) is 5.37. The third kappa shape index (κ3) is 4.57. The van der Waals surface area contributed by atoms with E-state index >= 15 is 0 Å². The van der Waals surface area contributed by atoms with Gasteiger partial charge in [-0.05, 0) is 19.8 Å². The van der Waals surface area contributed by atoms with Crippen LogP contribution in [0, 0.1) is 6.92 Å². The largest absolute Gasteiger partial charge is 0.332 e. The predicted molar refractivity (Wildman–Crippen MR) is 78.0 cm³/mol. The first-order valence-electron chi connectivity index (χ1n) is 7.32. The van der Waals surface area contributed by atoms with Crippen LogP contribution in [0.4, 0.5) is 0 Å². The Labute approximate surface area is 120 Å². The summed E-state index contributed by atoms with van der Waals surface area (Å²) in [5, 5.41) is 3.57. The Morgan fingerprint density at radius 2 is 1.95 bits per heavy atom. The number of sulfonamides is 1. The molecule has 1 aliphatic rings. The molecule has 114 valence electrons. The molecule has 2 rings (SSSR count). The highest BCUT2D eigenvalue weighted by Crippen LogP contribution is 2.16. The molecule has 1 saturated carbocycles. The molecule has 0 saturated heterocycles. The van der Waals surface area contributed by atoms with Gasteiger partial charge >= 0.3 is 0 Å². The summed E-state index contributed by atoms with van der Waals surface area (Å²) in [6.07, 6.45) is 8.94. The van der Waals surface area contributed by atoms with E-state index in [2.05, 4.69) is 20.0 Å².